The molecular formula is C22H14F2O7. The Morgan fingerprint density at radius 1 is 0.871 bits per heavy atom. The van der Waals surface area contributed by atoms with Gasteiger partial charge in [0, 0.05) is 17.7 Å². The monoisotopic (exact) mass is 428 g/mol. The summed E-state index contributed by atoms with van der Waals surface area (Å²) in [4.78, 5) is 13.1. The van der Waals surface area contributed by atoms with Crippen LogP contribution in [0.4, 0.5) is 8.78 Å². The van der Waals surface area contributed by atoms with Crippen LogP contribution < -0.4 is 10.2 Å². The Bertz CT molecular complexity index is 1360. The molecule has 0 spiro atoms. The van der Waals surface area contributed by atoms with Gasteiger partial charge in [-0.2, -0.15) is 0 Å². The minimum Gasteiger partial charge on any atom is -0.508 e. The van der Waals surface area contributed by atoms with Crippen LogP contribution in [0.5, 0.6) is 28.7 Å². The number of phenols is 4. The lowest BCUT2D eigenvalue weighted by Crippen LogP contribution is -2.12. The van der Waals surface area contributed by atoms with Crippen LogP contribution in [0.1, 0.15) is 5.56 Å². The number of benzene rings is 3. The van der Waals surface area contributed by atoms with E-state index in [0.29, 0.717) is 0 Å². The third-order valence-corrected chi connectivity index (χ3v) is 4.58. The smallest absolute Gasteiger partial charge is 0.239 e. The molecular weight excluding hydrogens is 414 g/mol. The number of phenolic OH excluding ortho intramolecular Hbond substituents is 4. The molecule has 0 aliphatic heterocycles. The van der Waals surface area contributed by atoms with Crippen LogP contribution >= 0.6 is 0 Å². The summed E-state index contributed by atoms with van der Waals surface area (Å²) in [5.41, 5.74) is -1.43. The van der Waals surface area contributed by atoms with Crippen molar-refractivity contribution in [2.45, 2.75) is 6.61 Å². The van der Waals surface area contributed by atoms with E-state index in [1.807, 2.05) is 0 Å². The molecule has 4 rings (SSSR count). The van der Waals surface area contributed by atoms with E-state index in [2.05, 4.69) is 0 Å². The predicted molar refractivity (Wildman–Crippen MR) is 105 cm³/mol. The lowest BCUT2D eigenvalue weighted by Gasteiger charge is -2.13. The van der Waals surface area contributed by atoms with Crippen LogP contribution in [0.25, 0.3) is 22.3 Å². The average Bonchev–Trinajstić information content (AvgIpc) is 2.70. The van der Waals surface area contributed by atoms with E-state index >= 15 is 0 Å². The summed E-state index contributed by atoms with van der Waals surface area (Å²) < 4.78 is 39.0. The molecule has 0 unspecified atom stereocenters. The van der Waals surface area contributed by atoms with Crippen molar-refractivity contribution >= 4 is 11.0 Å². The van der Waals surface area contributed by atoms with Crippen molar-refractivity contribution in [1.82, 2.24) is 0 Å². The summed E-state index contributed by atoms with van der Waals surface area (Å²) in [7, 11) is 0. The van der Waals surface area contributed by atoms with Crippen LogP contribution in [0.2, 0.25) is 0 Å². The molecule has 0 saturated heterocycles. The molecule has 158 valence electrons. The highest BCUT2D eigenvalue weighted by molar-refractivity contribution is 5.88. The molecule has 1 heterocycles. The number of hydrogen-bond donors (Lipinski definition) is 4. The summed E-state index contributed by atoms with van der Waals surface area (Å²) in [5, 5.41) is 38.9. The second-order valence-corrected chi connectivity index (χ2v) is 6.62. The number of rotatable bonds is 4. The molecule has 0 bridgehead atoms. The molecule has 0 aliphatic rings. The van der Waals surface area contributed by atoms with E-state index < -0.39 is 52.2 Å². The third kappa shape index (κ3) is 3.57. The largest absolute Gasteiger partial charge is 0.508 e. The normalized spacial score (nSPS) is 11.0. The quantitative estimate of drug-likeness (QED) is 0.361. The van der Waals surface area contributed by atoms with Crippen molar-refractivity contribution in [2.24, 2.45) is 0 Å². The number of hydrogen-bond acceptors (Lipinski definition) is 7. The lowest BCUT2D eigenvalue weighted by atomic mass is 10.1. The Labute approximate surface area is 172 Å². The maximum absolute atomic E-state index is 14.0. The number of fused-ring (bicyclic) bond motifs is 1. The molecule has 0 saturated carbocycles. The molecule has 3 aromatic carbocycles. The average molecular weight is 428 g/mol. The van der Waals surface area contributed by atoms with Crippen LogP contribution in [0, 0.1) is 11.6 Å². The van der Waals surface area contributed by atoms with Crippen LogP contribution in [-0.2, 0) is 6.61 Å². The first-order valence-corrected chi connectivity index (χ1v) is 8.87. The number of halogens is 2. The van der Waals surface area contributed by atoms with Crippen molar-refractivity contribution in [2.75, 3.05) is 0 Å². The van der Waals surface area contributed by atoms with Gasteiger partial charge in [-0.25, -0.2) is 8.78 Å². The van der Waals surface area contributed by atoms with E-state index in [0.717, 1.165) is 36.4 Å². The molecule has 0 radical (unpaired) electrons. The van der Waals surface area contributed by atoms with Crippen LogP contribution in [0.15, 0.2) is 57.7 Å². The van der Waals surface area contributed by atoms with Gasteiger partial charge in [0.2, 0.25) is 11.2 Å². The highest BCUT2D eigenvalue weighted by Gasteiger charge is 2.22. The van der Waals surface area contributed by atoms with Crippen molar-refractivity contribution in [1.29, 1.82) is 0 Å². The summed E-state index contributed by atoms with van der Waals surface area (Å²) in [5.74, 6) is -4.46. The summed E-state index contributed by atoms with van der Waals surface area (Å²) in [6.07, 6.45) is 0. The Kier molecular flexibility index (Phi) is 4.86. The fourth-order valence-electron chi connectivity index (χ4n) is 3.07. The standard InChI is InChI=1S/C22H14F2O7/c23-13-2-1-3-14(24)12(13)9-30-22-20(29)19-17(28)7-11(25)8-18(19)31-21(22)10-4-5-15(26)16(27)6-10/h1-8,25-28H,9H2. The first-order valence-electron chi connectivity index (χ1n) is 8.87. The van der Waals surface area contributed by atoms with E-state index in [1.54, 1.807) is 0 Å². The molecule has 31 heavy (non-hydrogen) atoms. The van der Waals surface area contributed by atoms with E-state index in [-0.39, 0.29) is 28.0 Å². The zero-order valence-electron chi connectivity index (χ0n) is 15.6. The molecule has 0 aliphatic carbocycles. The molecule has 1 aromatic heterocycles. The van der Waals surface area contributed by atoms with Gasteiger partial charge in [0.05, 0.1) is 5.56 Å². The summed E-state index contributed by atoms with van der Waals surface area (Å²) in [6, 6.07) is 8.75. The Morgan fingerprint density at radius 3 is 2.26 bits per heavy atom. The summed E-state index contributed by atoms with van der Waals surface area (Å²) >= 11 is 0. The molecule has 9 heteroatoms. The SMILES string of the molecule is O=c1c(OCc2c(F)cccc2F)c(-c2ccc(O)c(O)c2)oc2cc(O)cc(O)c12. The molecule has 0 fully saturated rings. The molecule has 4 N–H and O–H groups in total. The molecule has 0 amide bonds. The van der Waals surface area contributed by atoms with Gasteiger partial charge in [-0.3, -0.25) is 4.79 Å². The Morgan fingerprint density at radius 2 is 1.58 bits per heavy atom. The van der Waals surface area contributed by atoms with Crippen molar-refractivity contribution in [3.8, 4) is 40.1 Å². The Hall–Kier alpha value is -4.27. The summed E-state index contributed by atoms with van der Waals surface area (Å²) in [6.45, 7) is -0.676. The van der Waals surface area contributed by atoms with Gasteiger partial charge in [-0.15, -0.1) is 0 Å². The highest BCUT2D eigenvalue weighted by Crippen LogP contribution is 2.38. The van der Waals surface area contributed by atoms with Gasteiger partial charge >= 0.3 is 0 Å². The first-order chi connectivity index (χ1) is 14.8. The van der Waals surface area contributed by atoms with Gasteiger partial charge in [-0.1, -0.05) is 6.07 Å². The minimum atomic E-state index is -0.887. The Balaban J connectivity index is 1.93. The fourth-order valence-corrected chi connectivity index (χ4v) is 3.07. The zero-order chi connectivity index (χ0) is 22.3. The van der Waals surface area contributed by atoms with Crippen molar-refractivity contribution < 1.29 is 38.4 Å². The van der Waals surface area contributed by atoms with Gasteiger partial charge in [0.25, 0.3) is 0 Å². The van der Waals surface area contributed by atoms with Gasteiger partial charge in [0.15, 0.2) is 17.3 Å². The zero-order valence-corrected chi connectivity index (χ0v) is 15.6. The van der Waals surface area contributed by atoms with Gasteiger partial charge in [0.1, 0.15) is 40.7 Å². The molecule has 4 aromatic rings. The minimum absolute atomic E-state index is 0.0844. The van der Waals surface area contributed by atoms with Crippen LogP contribution in [-0.4, -0.2) is 20.4 Å². The number of aromatic hydroxyl groups is 4. The topological polar surface area (TPSA) is 120 Å². The van der Waals surface area contributed by atoms with Gasteiger partial charge in [-0.05, 0) is 30.3 Å². The maximum Gasteiger partial charge on any atom is 0.239 e. The van der Waals surface area contributed by atoms with E-state index in [1.165, 1.54) is 12.1 Å². The first kappa shape index (κ1) is 20.0. The number of ether oxygens (including phenoxy) is 1. The van der Waals surface area contributed by atoms with Gasteiger partial charge < -0.3 is 29.6 Å². The molecule has 7 nitrogen and oxygen atoms in total. The van der Waals surface area contributed by atoms with Crippen LogP contribution in [0.3, 0.4) is 0 Å². The maximum atomic E-state index is 14.0. The third-order valence-electron chi connectivity index (χ3n) is 4.58. The second kappa shape index (κ2) is 7.52. The predicted octanol–water partition coefficient (Wildman–Crippen LogP) is 4.14. The van der Waals surface area contributed by atoms with Crippen molar-refractivity contribution in [3.63, 3.8) is 0 Å². The molecule has 0 atom stereocenters. The van der Waals surface area contributed by atoms with Crippen molar-refractivity contribution in [3.05, 3.63) is 76.0 Å². The fraction of sp³-hybridized carbons (Fsp3) is 0.0455. The van der Waals surface area contributed by atoms with E-state index in [9.17, 15) is 34.0 Å². The highest BCUT2D eigenvalue weighted by atomic mass is 19.1. The second-order valence-electron chi connectivity index (χ2n) is 6.62. The lowest BCUT2D eigenvalue weighted by molar-refractivity contribution is 0.285. The van der Waals surface area contributed by atoms with E-state index in [4.69, 9.17) is 9.15 Å².